The van der Waals surface area contributed by atoms with Gasteiger partial charge in [0.25, 0.3) is 0 Å². The molecule has 5 heteroatoms. The summed E-state index contributed by atoms with van der Waals surface area (Å²) in [6.07, 6.45) is 0. The number of ether oxygens (including phenoxy) is 3. The molecule has 0 aromatic heterocycles. The molecule has 0 amide bonds. The van der Waals surface area contributed by atoms with Crippen LogP contribution in [0.25, 0.3) is 0 Å². The van der Waals surface area contributed by atoms with Crippen LogP contribution in [0.15, 0.2) is 18.2 Å². The molecule has 5 nitrogen and oxygen atoms in total. The molecular formula is C13H17NO4. The quantitative estimate of drug-likeness (QED) is 0.806. The number of carbonyl (C=O) groups excluding carboxylic acids is 1. The molecule has 1 heterocycles. The van der Waals surface area contributed by atoms with E-state index in [-0.39, 0.29) is 25.3 Å². The van der Waals surface area contributed by atoms with Crippen molar-refractivity contribution >= 4 is 5.97 Å². The molecule has 0 fully saturated rings. The van der Waals surface area contributed by atoms with Gasteiger partial charge in [0.05, 0.1) is 13.2 Å². The minimum absolute atomic E-state index is 0.0453. The third-order valence-electron chi connectivity index (χ3n) is 2.75. The molecule has 18 heavy (non-hydrogen) atoms. The van der Waals surface area contributed by atoms with Crippen molar-refractivity contribution in [2.24, 2.45) is 0 Å². The summed E-state index contributed by atoms with van der Waals surface area (Å²) in [6.45, 7) is 4.64. The van der Waals surface area contributed by atoms with E-state index >= 15 is 0 Å². The van der Waals surface area contributed by atoms with Crippen LogP contribution < -0.4 is 14.8 Å². The number of fused-ring (bicyclic) bond motifs is 1. The van der Waals surface area contributed by atoms with Gasteiger partial charge in [-0.15, -0.1) is 0 Å². The molecule has 1 aromatic carbocycles. The Morgan fingerprint density at radius 2 is 2.22 bits per heavy atom. The minimum Gasteiger partial charge on any atom is -0.465 e. The van der Waals surface area contributed by atoms with Crippen molar-refractivity contribution in [2.45, 2.75) is 19.9 Å². The molecule has 1 aromatic rings. The summed E-state index contributed by atoms with van der Waals surface area (Å²) in [5.74, 6) is 1.26. The molecule has 0 aliphatic carbocycles. The number of rotatable bonds is 5. The number of hydrogen-bond acceptors (Lipinski definition) is 5. The molecule has 1 N–H and O–H groups in total. The standard InChI is InChI=1S/C13H17NO4/c1-3-16-13(15)7-14-9(2)10-4-5-11-12(6-10)18-8-17-11/h4-6,9,14H,3,7-8H2,1-2H3. The Labute approximate surface area is 106 Å². The number of esters is 1. The Balaban J connectivity index is 1.92. The smallest absolute Gasteiger partial charge is 0.319 e. The number of carbonyl (C=O) groups is 1. The summed E-state index contributed by atoms with van der Waals surface area (Å²) < 4.78 is 15.4. The monoisotopic (exact) mass is 251 g/mol. The van der Waals surface area contributed by atoms with E-state index in [0.29, 0.717) is 6.61 Å². The first-order chi connectivity index (χ1) is 8.70. The first-order valence-electron chi connectivity index (χ1n) is 5.99. The third-order valence-corrected chi connectivity index (χ3v) is 2.75. The fourth-order valence-corrected chi connectivity index (χ4v) is 1.75. The zero-order valence-corrected chi connectivity index (χ0v) is 10.6. The molecule has 1 aliphatic rings. The Hall–Kier alpha value is -1.75. The fraction of sp³-hybridized carbons (Fsp3) is 0.462. The van der Waals surface area contributed by atoms with Gasteiger partial charge in [0.15, 0.2) is 11.5 Å². The summed E-state index contributed by atoms with van der Waals surface area (Å²) >= 11 is 0. The van der Waals surface area contributed by atoms with Gasteiger partial charge in [0.2, 0.25) is 6.79 Å². The van der Waals surface area contributed by atoms with Gasteiger partial charge < -0.3 is 19.5 Å². The maximum absolute atomic E-state index is 11.2. The van der Waals surface area contributed by atoms with Gasteiger partial charge in [-0.1, -0.05) is 6.07 Å². The number of benzene rings is 1. The highest BCUT2D eigenvalue weighted by molar-refractivity contribution is 5.71. The van der Waals surface area contributed by atoms with Crippen molar-refractivity contribution in [3.63, 3.8) is 0 Å². The average molecular weight is 251 g/mol. The summed E-state index contributed by atoms with van der Waals surface area (Å²) in [4.78, 5) is 11.2. The van der Waals surface area contributed by atoms with E-state index < -0.39 is 0 Å². The molecular weight excluding hydrogens is 234 g/mol. The molecule has 0 radical (unpaired) electrons. The maximum atomic E-state index is 11.2. The minimum atomic E-state index is -0.245. The van der Waals surface area contributed by atoms with Crippen molar-refractivity contribution < 1.29 is 19.0 Å². The van der Waals surface area contributed by atoms with E-state index in [9.17, 15) is 4.79 Å². The van der Waals surface area contributed by atoms with Crippen LogP contribution in [-0.4, -0.2) is 25.9 Å². The summed E-state index contributed by atoms with van der Waals surface area (Å²) in [5.41, 5.74) is 1.04. The van der Waals surface area contributed by atoms with Gasteiger partial charge in [0, 0.05) is 6.04 Å². The lowest BCUT2D eigenvalue weighted by Crippen LogP contribution is -2.27. The zero-order chi connectivity index (χ0) is 13.0. The number of nitrogens with one attached hydrogen (secondary N) is 1. The van der Waals surface area contributed by atoms with Crippen molar-refractivity contribution in [1.82, 2.24) is 5.32 Å². The molecule has 1 aliphatic heterocycles. The van der Waals surface area contributed by atoms with Crippen LogP contribution in [0.3, 0.4) is 0 Å². The summed E-state index contributed by atoms with van der Waals surface area (Å²) in [7, 11) is 0. The molecule has 0 saturated heterocycles. The molecule has 0 spiro atoms. The van der Waals surface area contributed by atoms with Crippen LogP contribution in [0, 0.1) is 0 Å². The third kappa shape index (κ3) is 2.92. The first kappa shape index (κ1) is 12.7. The summed E-state index contributed by atoms with van der Waals surface area (Å²) in [6, 6.07) is 5.80. The fourth-order valence-electron chi connectivity index (χ4n) is 1.75. The van der Waals surface area contributed by atoms with E-state index in [0.717, 1.165) is 17.1 Å². The molecule has 0 saturated carbocycles. The van der Waals surface area contributed by atoms with Gasteiger partial charge >= 0.3 is 5.97 Å². The van der Waals surface area contributed by atoms with E-state index in [4.69, 9.17) is 14.2 Å². The molecule has 2 rings (SSSR count). The lowest BCUT2D eigenvalue weighted by Gasteiger charge is -2.14. The topological polar surface area (TPSA) is 56.8 Å². The van der Waals surface area contributed by atoms with Crippen LogP contribution in [0.4, 0.5) is 0 Å². The maximum Gasteiger partial charge on any atom is 0.319 e. The lowest BCUT2D eigenvalue weighted by atomic mass is 10.1. The zero-order valence-electron chi connectivity index (χ0n) is 10.6. The van der Waals surface area contributed by atoms with Gasteiger partial charge in [-0.2, -0.15) is 0 Å². The van der Waals surface area contributed by atoms with Crippen LogP contribution in [0.2, 0.25) is 0 Å². The lowest BCUT2D eigenvalue weighted by molar-refractivity contribution is -0.142. The van der Waals surface area contributed by atoms with Gasteiger partial charge in [-0.25, -0.2) is 0 Å². The van der Waals surface area contributed by atoms with Crippen molar-refractivity contribution in [2.75, 3.05) is 19.9 Å². The highest BCUT2D eigenvalue weighted by Gasteiger charge is 2.16. The van der Waals surface area contributed by atoms with Crippen molar-refractivity contribution in [3.8, 4) is 11.5 Å². The van der Waals surface area contributed by atoms with E-state index in [2.05, 4.69) is 5.32 Å². The van der Waals surface area contributed by atoms with Crippen molar-refractivity contribution in [1.29, 1.82) is 0 Å². The first-order valence-corrected chi connectivity index (χ1v) is 5.99. The number of hydrogen-bond donors (Lipinski definition) is 1. The van der Waals surface area contributed by atoms with Crippen LogP contribution in [-0.2, 0) is 9.53 Å². The predicted molar refractivity (Wildman–Crippen MR) is 65.6 cm³/mol. The van der Waals surface area contributed by atoms with E-state index in [1.54, 1.807) is 6.92 Å². The SMILES string of the molecule is CCOC(=O)CNC(C)c1ccc2c(c1)OCO2. The predicted octanol–water partition coefficient (Wildman–Crippen LogP) is 1.63. The second-order valence-electron chi connectivity index (χ2n) is 4.02. The second kappa shape index (κ2) is 5.73. The molecule has 1 unspecified atom stereocenters. The average Bonchev–Trinajstić information content (AvgIpc) is 2.83. The summed E-state index contributed by atoms with van der Waals surface area (Å²) in [5, 5.41) is 3.10. The van der Waals surface area contributed by atoms with E-state index in [1.165, 1.54) is 0 Å². The normalized spacial score (nSPS) is 14.3. The van der Waals surface area contributed by atoms with Gasteiger partial charge in [-0.3, -0.25) is 4.79 Å². The highest BCUT2D eigenvalue weighted by Crippen LogP contribution is 2.33. The molecule has 98 valence electrons. The van der Waals surface area contributed by atoms with Crippen molar-refractivity contribution in [3.05, 3.63) is 23.8 Å². The van der Waals surface area contributed by atoms with Crippen LogP contribution in [0.1, 0.15) is 25.5 Å². The Morgan fingerprint density at radius 3 is 3.00 bits per heavy atom. The molecule has 0 bridgehead atoms. The van der Waals surface area contributed by atoms with Crippen LogP contribution in [0.5, 0.6) is 11.5 Å². The van der Waals surface area contributed by atoms with Gasteiger partial charge in [-0.05, 0) is 31.5 Å². The van der Waals surface area contributed by atoms with Gasteiger partial charge in [0.1, 0.15) is 0 Å². The van der Waals surface area contributed by atoms with E-state index in [1.807, 2.05) is 25.1 Å². The Bertz CT molecular complexity index is 433. The largest absolute Gasteiger partial charge is 0.465 e. The second-order valence-corrected chi connectivity index (χ2v) is 4.02. The van der Waals surface area contributed by atoms with Crippen LogP contribution >= 0.6 is 0 Å². The molecule has 1 atom stereocenters. The Kier molecular flexibility index (Phi) is 4.04. The highest BCUT2D eigenvalue weighted by atomic mass is 16.7. The Morgan fingerprint density at radius 1 is 1.44 bits per heavy atom.